The molecular weight excluding hydrogens is 206 g/mol. The molecule has 6 heteroatoms. The van der Waals surface area contributed by atoms with Crippen LogP contribution in [0.15, 0.2) is 34.7 Å². The Labute approximate surface area is 82.2 Å². The molecule has 5 nitrogen and oxygen atoms in total. The molecule has 1 aliphatic carbocycles. The van der Waals surface area contributed by atoms with Crippen molar-refractivity contribution in [2.45, 2.75) is 6.42 Å². The summed E-state index contributed by atoms with van der Waals surface area (Å²) in [6.45, 7) is 0. The van der Waals surface area contributed by atoms with E-state index in [2.05, 4.69) is 0 Å². The van der Waals surface area contributed by atoms with Gasteiger partial charge >= 0.3 is 0 Å². The van der Waals surface area contributed by atoms with E-state index in [4.69, 9.17) is 9.88 Å². The molecule has 0 aliphatic heterocycles. The Hall–Kier alpha value is -1.27. The molecule has 0 spiro atoms. The Morgan fingerprint density at radius 2 is 2.21 bits per heavy atom. The first-order valence-electron chi connectivity index (χ1n) is 3.83. The van der Waals surface area contributed by atoms with Crippen molar-refractivity contribution < 1.29 is 18.3 Å². The standard InChI is InChI=1S/C8H11NO4S/c1-13-7-5-3-2-4-6(10)8(7)14(9,11)12/h2-4,10H,5H2,1H3,(H2,9,11,12). The summed E-state index contributed by atoms with van der Waals surface area (Å²) in [5.74, 6) is -0.270. The molecule has 0 amide bonds. The highest BCUT2D eigenvalue weighted by Crippen LogP contribution is 2.23. The van der Waals surface area contributed by atoms with Crippen molar-refractivity contribution in [1.29, 1.82) is 0 Å². The average molecular weight is 217 g/mol. The fourth-order valence-corrected chi connectivity index (χ4v) is 1.97. The fourth-order valence-electron chi connectivity index (χ4n) is 1.13. The van der Waals surface area contributed by atoms with E-state index in [9.17, 15) is 13.5 Å². The van der Waals surface area contributed by atoms with Crippen LogP contribution in [-0.2, 0) is 14.8 Å². The molecule has 0 aromatic heterocycles. The Morgan fingerprint density at radius 1 is 1.57 bits per heavy atom. The van der Waals surface area contributed by atoms with Gasteiger partial charge in [-0.15, -0.1) is 0 Å². The lowest BCUT2D eigenvalue weighted by Gasteiger charge is -2.08. The summed E-state index contributed by atoms with van der Waals surface area (Å²) in [6, 6.07) is 0. The van der Waals surface area contributed by atoms with Gasteiger partial charge in [0, 0.05) is 6.42 Å². The number of aliphatic hydroxyl groups is 1. The van der Waals surface area contributed by atoms with E-state index < -0.39 is 15.8 Å². The van der Waals surface area contributed by atoms with Gasteiger partial charge in [-0.3, -0.25) is 0 Å². The van der Waals surface area contributed by atoms with E-state index in [1.54, 1.807) is 6.08 Å². The molecular formula is C8H11NO4S. The first kappa shape index (κ1) is 10.8. The SMILES string of the molecule is COC1=C(S(N)(=O)=O)C(O)=CC=CC1. The van der Waals surface area contributed by atoms with Gasteiger partial charge in [0.1, 0.15) is 11.5 Å². The summed E-state index contributed by atoms with van der Waals surface area (Å²) < 4.78 is 27.1. The van der Waals surface area contributed by atoms with E-state index in [1.165, 1.54) is 19.3 Å². The van der Waals surface area contributed by atoms with Gasteiger partial charge in [-0.25, -0.2) is 13.6 Å². The van der Waals surface area contributed by atoms with Crippen LogP contribution >= 0.6 is 0 Å². The van der Waals surface area contributed by atoms with E-state index in [0.29, 0.717) is 0 Å². The van der Waals surface area contributed by atoms with Gasteiger partial charge < -0.3 is 9.84 Å². The number of primary sulfonamides is 1. The van der Waals surface area contributed by atoms with Gasteiger partial charge in [-0.2, -0.15) is 0 Å². The monoisotopic (exact) mass is 217 g/mol. The first-order chi connectivity index (χ1) is 6.46. The lowest BCUT2D eigenvalue weighted by Crippen LogP contribution is -2.18. The van der Waals surface area contributed by atoms with Crippen LogP contribution in [0.1, 0.15) is 6.42 Å². The van der Waals surface area contributed by atoms with Crippen LogP contribution in [0.2, 0.25) is 0 Å². The third-order valence-corrected chi connectivity index (χ3v) is 2.72. The minimum atomic E-state index is -3.96. The van der Waals surface area contributed by atoms with Gasteiger partial charge in [-0.05, 0) is 6.08 Å². The zero-order valence-corrected chi connectivity index (χ0v) is 8.41. The summed E-state index contributed by atoms with van der Waals surface area (Å²) in [4.78, 5) is -0.356. The van der Waals surface area contributed by atoms with Crippen LogP contribution in [0.5, 0.6) is 0 Å². The molecule has 78 valence electrons. The maximum atomic E-state index is 11.1. The van der Waals surface area contributed by atoms with Gasteiger partial charge in [0.05, 0.1) is 7.11 Å². The van der Waals surface area contributed by atoms with E-state index >= 15 is 0 Å². The normalized spacial score (nSPS) is 17.7. The minimum Gasteiger partial charge on any atom is -0.506 e. The zero-order valence-electron chi connectivity index (χ0n) is 7.60. The maximum absolute atomic E-state index is 11.1. The Balaban J connectivity index is 3.37. The van der Waals surface area contributed by atoms with Crippen molar-refractivity contribution in [3.8, 4) is 0 Å². The van der Waals surface area contributed by atoms with E-state index in [-0.39, 0.29) is 17.1 Å². The summed E-state index contributed by atoms with van der Waals surface area (Å²) in [5.41, 5.74) is 0. The molecule has 14 heavy (non-hydrogen) atoms. The molecule has 0 saturated carbocycles. The van der Waals surface area contributed by atoms with Gasteiger partial charge in [-0.1, -0.05) is 12.2 Å². The molecule has 0 radical (unpaired) electrons. The van der Waals surface area contributed by atoms with Crippen LogP contribution in [0.25, 0.3) is 0 Å². The van der Waals surface area contributed by atoms with Crippen molar-refractivity contribution >= 4 is 10.0 Å². The number of aliphatic hydroxyl groups excluding tert-OH is 1. The fraction of sp³-hybridized carbons (Fsp3) is 0.250. The summed E-state index contributed by atoms with van der Waals surface area (Å²) >= 11 is 0. The molecule has 1 aliphatic rings. The van der Waals surface area contributed by atoms with Gasteiger partial charge in [0.25, 0.3) is 0 Å². The largest absolute Gasteiger partial charge is 0.506 e. The molecule has 0 atom stereocenters. The predicted molar refractivity (Wildman–Crippen MR) is 51.6 cm³/mol. The first-order valence-corrected chi connectivity index (χ1v) is 5.37. The number of hydrogen-bond acceptors (Lipinski definition) is 4. The number of sulfonamides is 1. The summed E-state index contributed by atoms with van der Waals surface area (Å²) in [7, 11) is -2.64. The molecule has 1 rings (SSSR count). The topological polar surface area (TPSA) is 89.6 Å². The number of allylic oxidation sites excluding steroid dienone is 3. The average Bonchev–Trinajstić information content (AvgIpc) is 2.24. The lowest BCUT2D eigenvalue weighted by atomic mass is 10.3. The molecule has 3 N–H and O–H groups in total. The van der Waals surface area contributed by atoms with E-state index in [0.717, 1.165) is 0 Å². The van der Waals surface area contributed by atoms with Crippen LogP contribution in [-0.4, -0.2) is 20.6 Å². The lowest BCUT2D eigenvalue weighted by molar-refractivity contribution is 0.279. The molecule has 0 fully saturated rings. The highest BCUT2D eigenvalue weighted by Gasteiger charge is 2.23. The number of methoxy groups -OCH3 is 1. The van der Waals surface area contributed by atoms with Gasteiger partial charge in [0.15, 0.2) is 4.91 Å². The van der Waals surface area contributed by atoms with Crippen LogP contribution in [0, 0.1) is 0 Å². The highest BCUT2D eigenvalue weighted by molar-refractivity contribution is 7.93. The van der Waals surface area contributed by atoms with Crippen molar-refractivity contribution in [3.05, 3.63) is 34.7 Å². The smallest absolute Gasteiger partial charge is 0.245 e. The maximum Gasteiger partial charge on any atom is 0.245 e. The summed E-state index contributed by atoms with van der Waals surface area (Å²) in [5, 5.41) is 14.3. The number of rotatable bonds is 2. The van der Waals surface area contributed by atoms with Crippen molar-refractivity contribution in [1.82, 2.24) is 0 Å². The number of ether oxygens (including phenoxy) is 1. The van der Waals surface area contributed by atoms with Crippen LogP contribution in [0.3, 0.4) is 0 Å². The Kier molecular flexibility index (Phi) is 2.97. The predicted octanol–water partition coefficient (Wildman–Crippen LogP) is 0.535. The molecule has 0 bridgehead atoms. The molecule has 0 heterocycles. The van der Waals surface area contributed by atoms with Crippen LogP contribution < -0.4 is 5.14 Å². The third-order valence-electron chi connectivity index (χ3n) is 1.71. The quantitative estimate of drug-likeness (QED) is 0.706. The minimum absolute atomic E-state index is 0.134. The highest BCUT2D eigenvalue weighted by atomic mass is 32.2. The Bertz CT molecular complexity index is 417. The number of hydrogen-bond donors (Lipinski definition) is 2. The van der Waals surface area contributed by atoms with Crippen molar-refractivity contribution in [2.24, 2.45) is 5.14 Å². The zero-order chi connectivity index (χ0) is 10.8. The summed E-state index contributed by atoms with van der Waals surface area (Å²) in [6.07, 6.45) is 4.73. The van der Waals surface area contributed by atoms with Crippen molar-refractivity contribution in [3.63, 3.8) is 0 Å². The number of nitrogens with two attached hydrogens (primary N) is 1. The second-order valence-electron chi connectivity index (χ2n) is 2.69. The second kappa shape index (κ2) is 3.85. The molecule has 0 saturated heterocycles. The molecule has 0 aromatic carbocycles. The van der Waals surface area contributed by atoms with E-state index in [1.807, 2.05) is 0 Å². The third kappa shape index (κ3) is 2.15. The van der Waals surface area contributed by atoms with Crippen LogP contribution in [0.4, 0.5) is 0 Å². The van der Waals surface area contributed by atoms with Gasteiger partial charge in [0.2, 0.25) is 10.0 Å². The van der Waals surface area contributed by atoms with Crippen molar-refractivity contribution in [2.75, 3.05) is 7.11 Å². The Morgan fingerprint density at radius 3 is 2.71 bits per heavy atom. The second-order valence-corrected chi connectivity index (χ2v) is 4.18. The molecule has 0 aromatic rings. The molecule has 0 unspecified atom stereocenters.